The summed E-state index contributed by atoms with van der Waals surface area (Å²) in [5.74, 6) is 0. The number of nitrogens with one attached hydrogen (secondary N) is 1. The van der Waals surface area contributed by atoms with Crippen LogP contribution in [0.4, 0.5) is 30.2 Å². The van der Waals surface area contributed by atoms with E-state index in [0.29, 0.717) is 16.4 Å². The lowest BCUT2D eigenvalue weighted by atomic mass is 10.1. The zero-order chi connectivity index (χ0) is 19.9. The van der Waals surface area contributed by atoms with Crippen LogP contribution < -0.4 is 20.0 Å². The Morgan fingerprint density at radius 3 is 2.43 bits per heavy atom. The van der Waals surface area contributed by atoms with Crippen LogP contribution in [-0.2, 0) is 6.54 Å². The first kappa shape index (κ1) is 19.2. The second kappa shape index (κ2) is 7.37. The van der Waals surface area contributed by atoms with Gasteiger partial charge in [-0.15, -0.1) is 0 Å². The molecule has 0 saturated carbocycles. The topological polar surface area (TPSA) is 21.8 Å². The minimum atomic E-state index is -4.40. The Labute approximate surface area is 167 Å². The van der Waals surface area contributed by atoms with E-state index in [1.807, 2.05) is 12.1 Å². The van der Waals surface area contributed by atoms with Gasteiger partial charge in [0.15, 0.2) is 0 Å². The molecule has 0 aliphatic carbocycles. The van der Waals surface area contributed by atoms with Gasteiger partial charge in [0.1, 0.15) is 0 Å². The highest BCUT2D eigenvalue weighted by Gasteiger charge is 2.52. The van der Waals surface area contributed by atoms with Crippen LogP contribution in [0.1, 0.15) is 5.56 Å². The van der Waals surface area contributed by atoms with E-state index in [1.54, 1.807) is 30.3 Å². The van der Waals surface area contributed by atoms with E-state index in [0.717, 1.165) is 37.4 Å². The second-order valence-corrected chi connectivity index (χ2v) is 7.60. The van der Waals surface area contributed by atoms with Crippen molar-refractivity contribution in [3.8, 4) is 0 Å². The predicted molar refractivity (Wildman–Crippen MR) is 107 cm³/mol. The highest BCUT2D eigenvalue weighted by molar-refractivity contribution is 6.30. The third kappa shape index (κ3) is 3.49. The van der Waals surface area contributed by atoms with Crippen molar-refractivity contribution in [2.75, 3.05) is 47.9 Å². The van der Waals surface area contributed by atoms with Crippen LogP contribution in [0.2, 0.25) is 5.02 Å². The molecule has 1 fully saturated rings. The summed E-state index contributed by atoms with van der Waals surface area (Å²) in [6.45, 7) is 3.32. The fourth-order valence-electron chi connectivity index (χ4n) is 4.14. The fraction of sp³-hybridized carbons (Fsp3) is 0.400. The minimum absolute atomic E-state index is 0.132. The molecule has 0 radical (unpaired) electrons. The van der Waals surface area contributed by atoms with Crippen molar-refractivity contribution in [3.63, 3.8) is 0 Å². The predicted octanol–water partition coefficient (Wildman–Crippen LogP) is 4.09. The fourth-order valence-corrected chi connectivity index (χ4v) is 4.35. The number of hydrogen-bond donors (Lipinski definition) is 1. The lowest BCUT2D eigenvalue weighted by molar-refractivity contribution is -0.146. The molecule has 1 atom stereocenters. The summed E-state index contributed by atoms with van der Waals surface area (Å²) in [7, 11) is 1.53. The highest BCUT2D eigenvalue weighted by Crippen LogP contribution is 2.49. The summed E-state index contributed by atoms with van der Waals surface area (Å²) in [4.78, 5) is 4.94. The number of alkyl halides is 3. The van der Waals surface area contributed by atoms with Gasteiger partial charge in [-0.25, -0.2) is 0 Å². The van der Waals surface area contributed by atoms with Gasteiger partial charge < -0.3 is 20.0 Å². The number of benzene rings is 2. The molecule has 0 amide bonds. The normalized spacial score (nSPS) is 19.9. The van der Waals surface area contributed by atoms with E-state index in [2.05, 4.69) is 10.2 Å². The van der Waals surface area contributed by atoms with Crippen LogP contribution in [0.25, 0.3) is 0 Å². The maximum Gasteiger partial charge on any atom is 0.427 e. The number of hydrogen-bond acceptors (Lipinski definition) is 4. The molecule has 4 rings (SSSR count). The standard InChI is InChI=1S/C20H22ClF3N4/c1-26-18-16(27-10-8-25-9-11-27)6-3-7-17(18)28(19(26)20(22,23)24)13-14-4-2-5-15(21)12-14/h2-7,12,19,25H,8-11,13H2,1H3. The average molecular weight is 411 g/mol. The van der Waals surface area contributed by atoms with Crippen LogP contribution in [-0.4, -0.2) is 45.6 Å². The SMILES string of the molecule is CN1c2c(N3CCNCC3)cccc2N(Cc2cccc(Cl)c2)C1C(F)(F)F. The van der Waals surface area contributed by atoms with Crippen LogP contribution in [0.3, 0.4) is 0 Å². The van der Waals surface area contributed by atoms with Crippen LogP contribution in [0.5, 0.6) is 0 Å². The molecule has 4 nitrogen and oxygen atoms in total. The zero-order valence-corrected chi connectivity index (χ0v) is 16.3. The number of rotatable bonds is 3. The van der Waals surface area contributed by atoms with E-state index in [1.165, 1.54) is 16.8 Å². The van der Waals surface area contributed by atoms with E-state index in [-0.39, 0.29) is 6.54 Å². The highest BCUT2D eigenvalue weighted by atomic mass is 35.5. The number of anilines is 3. The maximum absolute atomic E-state index is 14.0. The molecule has 0 bridgehead atoms. The summed E-state index contributed by atoms with van der Waals surface area (Å²) >= 11 is 6.05. The van der Waals surface area contributed by atoms with Crippen LogP contribution >= 0.6 is 11.6 Å². The average Bonchev–Trinajstić information content (AvgIpc) is 2.95. The van der Waals surface area contributed by atoms with Crippen molar-refractivity contribution in [2.45, 2.75) is 18.9 Å². The maximum atomic E-state index is 14.0. The molecule has 2 aliphatic rings. The van der Waals surface area contributed by atoms with Gasteiger partial charge in [0.25, 0.3) is 0 Å². The second-order valence-electron chi connectivity index (χ2n) is 7.17. The Hall–Kier alpha value is -2.12. The van der Waals surface area contributed by atoms with Crippen LogP contribution in [0.15, 0.2) is 42.5 Å². The molecule has 2 aliphatic heterocycles. The first-order chi connectivity index (χ1) is 13.4. The summed E-state index contributed by atoms with van der Waals surface area (Å²) in [5, 5.41) is 3.80. The first-order valence-corrected chi connectivity index (χ1v) is 9.63. The molecule has 28 heavy (non-hydrogen) atoms. The Morgan fingerprint density at radius 1 is 1.07 bits per heavy atom. The minimum Gasteiger partial charge on any atom is -0.367 e. The molecule has 150 valence electrons. The molecule has 2 aromatic rings. The molecule has 0 spiro atoms. The molecule has 2 aromatic carbocycles. The molecular formula is C20H22ClF3N4. The molecule has 2 heterocycles. The number of fused-ring (bicyclic) bond motifs is 1. The lowest BCUT2D eigenvalue weighted by Crippen LogP contribution is -2.51. The van der Waals surface area contributed by atoms with Gasteiger partial charge in [-0.05, 0) is 29.8 Å². The number of halogens is 4. The van der Waals surface area contributed by atoms with E-state index < -0.39 is 12.3 Å². The van der Waals surface area contributed by atoms with Gasteiger partial charge in [-0.3, -0.25) is 0 Å². The molecule has 8 heteroatoms. The largest absolute Gasteiger partial charge is 0.427 e. The van der Waals surface area contributed by atoms with Crippen molar-refractivity contribution in [1.82, 2.24) is 5.32 Å². The Kier molecular flexibility index (Phi) is 5.05. The van der Waals surface area contributed by atoms with E-state index in [9.17, 15) is 13.2 Å². The van der Waals surface area contributed by atoms with Crippen molar-refractivity contribution in [2.24, 2.45) is 0 Å². The van der Waals surface area contributed by atoms with Gasteiger partial charge in [-0.2, -0.15) is 13.2 Å². The number of piperazine rings is 1. The smallest absolute Gasteiger partial charge is 0.367 e. The lowest BCUT2D eigenvalue weighted by Gasteiger charge is -2.34. The summed E-state index contributed by atoms with van der Waals surface area (Å²) in [5.41, 5.74) is 2.83. The van der Waals surface area contributed by atoms with Crippen molar-refractivity contribution in [1.29, 1.82) is 0 Å². The quantitative estimate of drug-likeness (QED) is 0.822. The van der Waals surface area contributed by atoms with Crippen LogP contribution in [0, 0.1) is 0 Å². The first-order valence-electron chi connectivity index (χ1n) is 9.25. The number of nitrogens with zero attached hydrogens (tertiary/aromatic N) is 3. The Balaban J connectivity index is 1.77. The number of para-hydroxylation sites is 1. The third-order valence-electron chi connectivity index (χ3n) is 5.31. The van der Waals surface area contributed by atoms with Gasteiger partial charge >= 0.3 is 6.18 Å². The molecule has 1 saturated heterocycles. The van der Waals surface area contributed by atoms with Crippen molar-refractivity contribution in [3.05, 3.63) is 53.1 Å². The van der Waals surface area contributed by atoms with Crippen molar-refractivity contribution >= 4 is 28.7 Å². The summed E-state index contributed by atoms with van der Waals surface area (Å²) in [6.07, 6.45) is -6.11. The molecular weight excluding hydrogens is 389 g/mol. The zero-order valence-electron chi connectivity index (χ0n) is 15.5. The Bertz CT molecular complexity index is 852. The summed E-state index contributed by atoms with van der Waals surface area (Å²) < 4.78 is 42.1. The Morgan fingerprint density at radius 2 is 1.75 bits per heavy atom. The van der Waals surface area contributed by atoms with Gasteiger partial charge in [0.2, 0.25) is 6.17 Å². The summed E-state index contributed by atoms with van der Waals surface area (Å²) in [6, 6.07) is 12.5. The monoisotopic (exact) mass is 410 g/mol. The molecule has 0 aromatic heterocycles. The van der Waals surface area contributed by atoms with E-state index in [4.69, 9.17) is 11.6 Å². The van der Waals surface area contributed by atoms with Crippen molar-refractivity contribution < 1.29 is 13.2 Å². The van der Waals surface area contributed by atoms with Gasteiger partial charge in [-0.1, -0.05) is 29.8 Å². The van der Waals surface area contributed by atoms with Gasteiger partial charge in [0, 0.05) is 44.8 Å². The third-order valence-corrected chi connectivity index (χ3v) is 5.55. The van der Waals surface area contributed by atoms with E-state index >= 15 is 0 Å². The van der Waals surface area contributed by atoms with Gasteiger partial charge in [0.05, 0.1) is 17.1 Å². The molecule has 1 unspecified atom stereocenters. The molecule has 1 N–H and O–H groups in total.